The molecule has 0 fully saturated rings. The predicted octanol–water partition coefficient (Wildman–Crippen LogP) is 3.47. The van der Waals surface area contributed by atoms with Crippen molar-refractivity contribution < 1.29 is 4.68 Å². The minimum Gasteiger partial charge on any atom is -0.255 e. The largest absolute Gasteiger partial charge is 0.302 e. The summed E-state index contributed by atoms with van der Waals surface area (Å²) in [5.41, 5.74) is 3.50. The van der Waals surface area contributed by atoms with Crippen LogP contribution in [0.4, 0.5) is 0 Å². The van der Waals surface area contributed by atoms with Gasteiger partial charge in [-0.3, -0.25) is 5.43 Å². The van der Waals surface area contributed by atoms with Crippen LogP contribution in [0.1, 0.15) is 78.4 Å². The summed E-state index contributed by atoms with van der Waals surface area (Å²) in [6.07, 6.45) is 8.25. The highest BCUT2D eigenvalue weighted by Crippen LogP contribution is 2.08. The first kappa shape index (κ1) is 18.0. The van der Waals surface area contributed by atoms with Crippen LogP contribution in [-0.2, 0) is 19.4 Å². The predicted molar refractivity (Wildman–Crippen MR) is 89.0 cm³/mol. The Hall–Kier alpha value is -1.06. The number of aromatic nitrogens is 3. The molecule has 1 N–H and O–H groups in total. The third kappa shape index (κ3) is 5.68. The molecule has 0 aliphatic carbocycles. The van der Waals surface area contributed by atoms with E-state index in [9.17, 15) is 0 Å². The maximum absolute atomic E-state index is 4.91. The van der Waals surface area contributed by atoms with Crippen molar-refractivity contribution in [3.8, 4) is 0 Å². The lowest BCUT2D eigenvalue weighted by atomic mass is 10.1. The summed E-state index contributed by atoms with van der Waals surface area (Å²) in [5, 5.41) is 4.91. The summed E-state index contributed by atoms with van der Waals surface area (Å²) >= 11 is 0. The maximum atomic E-state index is 4.91. The fourth-order valence-corrected chi connectivity index (χ4v) is 2.48. The van der Waals surface area contributed by atoms with Gasteiger partial charge in [-0.2, -0.15) is 0 Å². The van der Waals surface area contributed by atoms with E-state index in [0.717, 1.165) is 31.8 Å². The van der Waals surface area contributed by atoms with Gasteiger partial charge in [-0.15, -0.1) is 9.36 Å². The van der Waals surface area contributed by atoms with Crippen LogP contribution in [0.2, 0.25) is 0 Å². The molecule has 122 valence electrons. The fraction of sp³-hybridized carbons (Fsp3) is 0.882. The van der Waals surface area contributed by atoms with Crippen molar-refractivity contribution in [1.29, 1.82) is 0 Å². The molecule has 0 spiro atoms. The van der Waals surface area contributed by atoms with Gasteiger partial charge in [0.15, 0.2) is 0 Å². The minimum absolute atomic E-state index is 0.722. The zero-order valence-corrected chi connectivity index (χ0v) is 14.8. The Labute approximate surface area is 130 Å². The summed E-state index contributed by atoms with van der Waals surface area (Å²) in [5.74, 6) is 3.28. The monoisotopic (exact) mass is 295 g/mol. The van der Waals surface area contributed by atoms with E-state index in [-0.39, 0.29) is 0 Å². The minimum atomic E-state index is 0.722. The molecule has 0 saturated heterocycles. The van der Waals surface area contributed by atoms with Gasteiger partial charge in [0.05, 0.1) is 6.42 Å². The average molecular weight is 295 g/mol. The number of nitrogens with zero attached hydrogens (tertiary/aromatic N) is 3. The summed E-state index contributed by atoms with van der Waals surface area (Å²) in [7, 11) is 0. The van der Waals surface area contributed by atoms with Gasteiger partial charge in [-0.25, -0.2) is 0 Å². The Morgan fingerprint density at radius 2 is 1.76 bits per heavy atom. The van der Waals surface area contributed by atoms with Gasteiger partial charge in [0.2, 0.25) is 0 Å². The molecule has 4 nitrogen and oxygen atoms in total. The van der Waals surface area contributed by atoms with Gasteiger partial charge in [-0.1, -0.05) is 40.5 Å². The molecule has 0 saturated carbocycles. The lowest BCUT2D eigenvalue weighted by Crippen LogP contribution is -2.42. The first-order valence-corrected chi connectivity index (χ1v) is 8.88. The highest BCUT2D eigenvalue weighted by Gasteiger charge is 2.24. The van der Waals surface area contributed by atoms with Crippen molar-refractivity contribution in [3.05, 3.63) is 11.6 Å². The van der Waals surface area contributed by atoms with Crippen molar-refractivity contribution in [3.63, 3.8) is 0 Å². The molecule has 4 heteroatoms. The summed E-state index contributed by atoms with van der Waals surface area (Å²) in [4.78, 5) is 0. The van der Waals surface area contributed by atoms with Crippen LogP contribution in [0.3, 0.4) is 0 Å². The third-order valence-electron chi connectivity index (χ3n) is 3.79. The van der Waals surface area contributed by atoms with Gasteiger partial charge in [0.25, 0.3) is 5.82 Å². The van der Waals surface area contributed by atoms with Crippen LogP contribution in [0.15, 0.2) is 0 Å². The van der Waals surface area contributed by atoms with Crippen LogP contribution in [0.5, 0.6) is 0 Å². The molecule has 1 aromatic heterocycles. The fourth-order valence-electron chi connectivity index (χ4n) is 2.48. The first-order valence-electron chi connectivity index (χ1n) is 8.88. The number of aryl methyl sites for hydroxylation is 2. The van der Waals surface area contributed by atoms with E-state index in [4.69, 9.17) is 5.10 Å². The van der Waals surface area contributed by atoms with Gasteiger partial charge < -0.3 is 0 Å². The first-order chi connectivity index (χ1) is 10.1. The number of hydrogen-bond acceptors (Lipinski definition) is 2. The molecule has 0 radical (unpaired) electrons. The smallest absolute Gasteiger partial charge is 0.255 e. The molecule has 1 aromatic rings. The van der Waals surface area contributed by atoms with Crippen molar-refractivity contribution in [2.24, 2.45) is 5.92 Å². The van der Waals surface area contributed by atoms with Crippen LogP contribution in [0.25, 0.3) is 0 Å². The molecule has 0 unspecified atom stereocenters. The Balaban J connectivity index is 3.00. The van der Waals surface area contributed by atoms with Crippen molar-refractivity contribution in [1.82, 2.24) is 9.77 Å². The quantitative estimate of drug-likeness (QED) is 0.634. The lowest BCUT2D eigenvalue weighted by molar-refractivity contribution is -0.759. The Kier molecular flexibility index (Phi) is 8.40. The van der Waals surface area contributed by atoms with E-state index < -0.39 is 0 Å². The zero-order chi connectivity index (χ0) is 15.7. The normalized spacial score (nSPS) is 11.3. The second kappa shape index (κ2) is 9.80. The number of nitrogens with one attached hydrogen (secondary N) is 1. The molecular weight excluding hydrogens is 260 g/mol. The van der Waals surface area contributed by atoms with Crippen LogP contribution in [0, 0.1) is 5.92 Å². The highest BCUT2D eigenvalue weighted by atomic mass is 15.5. The lowest BCUT2D eigenvalue weighted by Gasteiger charge is -2.05. The highest BCUT2D eigenvalue weighted by molar-refractivity contribution is 4.95. The summed E-state index contributed by atoms with van der Waals surface area (Å²) in [6, 6.07) is 0. The van der Waals surface area contributed by atoms with E-state index in [1.165, 1.54) is 43.8 Å². The zero-order valence-electron chi connectivity index (χ0n) is 14.8. The standard InChI is InChI=1S/C17H35N4/c1-6-9-11-16-19-20(14-13-15(4)5)17(12-10-7-2)21(16)18-8-3/h15,18H,6-14H2,1-5H3/q+1. The summed E-state index contributed by atoms with van der Waals surface area (Å²) in [6.45, 7) is 13.2. The van der Waals surface area contributed by atoms with E-state index >= 15 is 0 Å². The second-order valence-corrected chi connectivity index (χ2v) is 6.29. The average Bonchev–Trinajstić information content (AvgIpc) is 2.78. The Morgan fingerprint density at radius 1 is 1.10 bits per heavy atom. The molecular formula is C17H35N4+. The van der Waals surface area contributed by atoms with Gasteiger partial charge >= 0.3 is 5.82 Å². The Morgan fingerprint density at radius 3 is 2.33 bits per heavy atom. The second-order valence-electron chi connectivity index (χ2n) is 6.29. The van der Waals surface area contributed by atoms with E-state index in [2.05, 4.69) is 49.4 Å². The van der Waals surface area contributed by atoms with E-state index in [0.29, 0.717) is 0 Å². The molecule has 0 atom stereocenters. The molecule has 0 bridgehead atoms. The van der Waals surface area contributed by atoms with Crippen LogP contribution < -0.4 is 10.1 Å². The molecule has 0 aliphatic heterocycles. The van der Waals surface area contributed by atoms with E-state index in [1.54, 1.807) is 0 Å². The third-order valence-corrected chi connectivity index (χ3v) is 3.79. The number of hydrogen-bond donors (Lipinski definition) is 1. The number of rotatable bonds is 11. The number of unbranched alkanes of at least 4 members (excludes halogenated alkanes) is 2. The molecule has 0 amide bonds. The molecule has 1 heterocycles. The molecule has 0 aliphatic rings. The molecule has 21 heavy (non-hydrogen) atoms. The van der Waals surface area contributed by atoms with Crippen LogP contribution in [-0.4, -0.2) is 16.3 Å². The van der Waals surface area contributed by atoms with Crippen molar-refractivity contribution in [2.45, 2.75) is 86.1 Å². The molecule has 1 rings (SSSR count). The van der Waals surface area contributed by atoms with Crippen molar-refractivity contribution >= 4 is 0 Å². The van der Waals surface area contributed by atoms with E-state index in [1.807, 2.05) is 0 Å². The topological polar surface area (TPSA) is 33.7 Å². The Bertz CT molecular complexity index is 396. The summed E-state index contributed by atoms with van der Waals surface area (Å²) < 4.78 is 4.52. The SMILES string of the molecule is CCCCc1n[n+](CCC(C)C)c(CCCC)n1NCC. The van der Waals surface area contributed by atoms with Gasteiger partial charge in [0, 0.05) is 13.0 Å². The van der Waals surface area contributed by atoms with Gasteiger partial charge in [-0.05, 0) is 37.2 Å². The maximum Gasteiger partial charge on any atom is 0.302 e. The van der Waals surface area contributed by atoms with Gasteiger partial charge in [0.1, 0.15) is 6.54 Å². The van der Waals surface area contributed by atoms with Crippen molar-refractivity contribution in [2.75, 3.05) is 12.0 Å². The molecule has 0 aromatic carbocycles. The van der Waals surface area contributed by atoms with Crippen LogP contribution >= 0.6 is 0 Å².